The second-order valence-electron chi connectivity index (χ2n) is 6.68. The topological polar surface area (TPSA) is 55.1 Å². The maximum absolute atomic E-state index is 11.9. The zero-order valence-corrected chi connectivity index (χ0v) is 12.4. The highest BCUT2D eigenvalue weighted by Crippen LogP contribution is 2.60. The van der Waals surface area contributed by atoms with Crippen molar-refractivity contribution in [2.24, 2.45) is 23.0 Å². The first-order chi connectivity index (χ1) is 9.20. The molecule has 3 nitrogen and oxygen atoms in total. The molecule has 2 fully saturated rings. The molecule has 1 amide bonds. The van der Waals surface area contributed by atoms with Gasteiger partial charge in [-0.15, -0.1) is 0 Å². The molecule has 19 heavy (non-hydrogen) atoms. The van der Waals surface area contributed by atoms with Gasteiger partial charge in [0.25, 0.3) is 0 Å². The molecular weight excluding hydrogens is 236 g/mol. The zero-order valence-electron chi connectivity index (χ0n) is 12.4. The van der Waals surface area contributed by atoms with Gasteiger partial charge in [-0.1, -0.05) is 19.8 Å². The van der Waals surface area contributed by atoms with Crippen molar-refractivity contribution in [2.45, 2.75) is 64.7 Å². The summed E-state index contributed by atoms with van der Waals surface area (Å²) in [6.07, 6.45) is 10.6. The summed E-state index contributed by atoms with van der Waals surface area (Å²) in [5.41, 5.74) is 6.15. The second-order valence-corrected chi connectivity index (χ2v) is 6.68. The fourth-order valence-electron chi connectivity index (χ4n) is 3.36. The maximum Gasteiger partial charge on any atom is 0.220 e. The summed E-state index contributed by atoms with van der Waals surface area (Å²) in [6, 6.07) is 0. The van der Waals surface area contributed by atoms with E-state index in [9.17, 15) is 4.79 Å². The SMILES string of the molecule is CCCC(CCN)CCC(=O)NCC1(C2CC2)CC1. The van der Waals surface area contributed by atoms with Crippen molar-refractivity contribution in [1.82, 2.24) is 5.32 Å². The molecule has 0 aromatic carbocycles. The molecule has 0 heterocycles. The fourth-order valence-corrected chi connectivity index (χ4v) is 3.36. The highest BCUT2D eigenvalue weighted by atomic mass is 16.1. The van der Waals surface area contributed by atoms with Crippen LogP contribution in [0, 0.1) is 17.3 Å². The van der Waals surface area contributed by atoms with E-state index in [0.29, 0.717) is 17.8 Å². The first-order valence-electron chi connectivity index (χ1n) is 8.17. The van der Waals surface area contributed by atoms with Crippen LogP contribution in [-0.2, 0) is 4.79 Å². The second kappa shape index (κ2) is 6.74. The van der Waals surface area contributed by atoms with E-state index in [2.05, 4.69) is 12.2 Å². The molecule has 3 N–H and O–H groups in total. The van der Waals surface area contributed by atoms with E-state index in [1.54, 1.807) is 0 Å². The summed E-state index contributed by atoms with van der Waals surface area (Å²) < 4.78 is 0. The lowest BCUT2D eigenvalue weighted by Gasteiger charge is -2.17. The number of amides is 1. The number of hydrogen-bond donors (Lipinski definition) is 2. The lowest BCUT2D eigenvalue weighted by Crippen LogP contribution is -2.31. The van der Waals surface area contributed by atoms with Gasteiger partial charge >= 0.3 is 0 Å². The normalized spacial score (nSPS) is 22.0. The van der Waals surface area contributed by atoms with Crippen LogP contribution in [0.1, 0.15) is 64.7 Å². The van der Waals surface area contributed by atoms with Crippen LogP contribution in [0.15, 0.2) is 0 Å². The van der Waals surface area contributed by atoms with Crippen LogP contribution >= 0.6 is 0 Å². The van der Waals surface area contributed by atoms with Crippen LogP contribution in [-0.4, -0.2) is 19.0 Å². The van der Waals surface area contributed by atoms with E-state index < -0.39 is 0 Å². The highest BCUT2D eigenvalue weighted by Gasteiger charge is 2.53. The quantitative estimate of drug-likeness (QED) is 0.639. The molecule has 0 aliphatic heterocycles. The molecule has 1 unspecified atom stereocenters. The Bertz CT molecular complexity index is 289. The number of rotatable bonds is 10. The summed E-state index contributed by atoms with van der Waals surface area (Å²) in [6.45, 7) is 3.89. The molecule has 0 radical (unpaired) electrons. The van der Waals surface area contributed by atoms with Crippen molar-refractivity contribution in [1.29, 1.82) is 0 Å². The average molecular weight is 266 g/mol. The maximum atomic E-state index is 11.9. The van der Waals surface area contributed by atoms with Crippen LogP contribution in [0.2, 0.25) is 0 Å². The molecular formula is C16H30N2O. The minimum atomic E-state index is 0.255. The van der Waals surface area contributed by atoms with Crippen LogP contribution < -0.4 is 11.1 Å². The number of carbonyl (C=O) groups is 1. The van der Waals surface area contributed by atoms with Gasteiger partial charge in [0.15, 0.2) is 0 Å². The van der Waals surface area contributed by atoms with Crippen LogP contribution in [0.4, 0.5) is 0 Å². The molecule has 2 saturated carbocycles. The van der Waals surface area contributed by atoms with E-state index in [0.717, 1.165) is 31.8 Å². The van der Waals surface area contributed by atoms with Gasteiger partial charge in [0, 0.05) is 13.0 Å². The average Bonchev–Trinajstić information content (AvgIpc) is 3.27. The molecule has 110 valence electrons. The van der Waals surface area contributed by atoms with E-state index in [4.69, 9.17) is 5.73 Å². The van der Waals surface area contributed by atoms with Crippen molar-refractivity contribution >= 4 is 5.91 Å². The van der Waals surface area contributed by atoms with E-state index in [1.807, 2.05) is 0 Å². The predicted molar refractivity (Wildman–Crippen MR) is 78.7 cm³/mol. The molecule has 2 aliphatic carbocycles. The van der Waals surface area contributed by atoms with E-state index in [-0.39, 0.29) is 5.91 Å². The Morgan fingerprint density at radius 3 is 2.58 bits per heavy atom. The van der Waals surface area contributed by atoms with Crippen LogP contribution in [0.25, 0.3) is 0 Å². The third kappa shape index (κ3) is 4.48. The molecule has 0 bridgehead atoms. The monoisotopic (exact) mass is 266 g/mol. The van der Waals surface area contributed by atoms with E-state index in [1.165, 1.54) is 38.5 Å². The Kier molecular flexibility index (Phi) is 5.26. The van der Waals surface area contributed by atoms with Crippen molar-refractivity contribution in [2.75, 3.05) is 13.1 Å². The van der Waals surface area contributed by atoms with Gasteiger partial charge in [0.1, 0.15) is 0 Å². The first kappa shape index (κ1) is 14.8. The number of nitrogens with two attached hydrogens (primary N) is 1. The Labute approximate surface area is 117 Å². The fraction of sp³-hybridized carbons (Fsp3) is 0.938. The summed E-state index contributed by atoms with van der Waals surface area (Å²) in [4.78, 5) is 11.9. The van der Waals surface area contributed by atoms with Crippen LogP contribution in [0.5, 0.6) is 0 Å². The zero-order chi connectivity index (χ0) is 13.7. The van der Waals surface area contributed by atoms with Gasteiger partial charge in [-0.3, -0.25) is 4.79 Å². The lowest BCUT2D eigenvalue weighted by atomic mass is 9.94. The summed E-state index contributed by atoms with van der Waals surface area (Å²) in [7, 11) is 0. The molecule has 0 aromatic heterocycles. The Morgan fingerprint density at radius 2 is 2.05 bits per heavy atom. The highest BCUT2D eigenvalue weighted by molar-refractivity contribution is 5.75. The number of carbonyl (C=O) groups excluding carboxylic acids is 1. The van der Waals surface area contributed by atoms with Crippen molar-refractivity contribution in [3.63, 3.8) is 0 Å². The van der Waals surface area contributed by atoms with Crippen molar-refractivity contribution in [3.8, 4) is 0 Å². The number of nitrogens with one attached hydrogen (secondary N) is 1. The molecule has 0 saturated heterocycles. The predicted octanol–water partition coefficient (Wildman–Crippen LogP) is 2.84. The standard InChI is InChI=1S/C16H30N2O/c1-2-3-13(8-11-17)4-7-15(19)18-12-16(9-10-16)14-5-6-14/h13-14H,2-12,17H2,1H3,(H,18,19). The molecule has 2 aliphatic rings. The molecule has 1 atom stereocenters. The van der Waals surface area contributed by atoms with Gasteiger partial charge in [-0.25, -0.2) is 0 Å². The van der Waals surface area contributed by atoms with Gasteiger partial charge in [-0.2, -0.15) is 0 Å². The Hall–Kier alpha value is -0.570. The van der Waals surface area contributed by atoms with E-state index >= 15 is 0 Å². The van der Waals surface area contributed by atoms with Crippen molar-refractivity contribution in [3.05, 3.63) is 0 Å². The molecule has 3 heteroatoms. The molecule has 2 rings (SSSR count). The van der Waals surface area contributed by atoms with Crippen molar-refractivity contribution < 1.29 is 4.79 Å². The smallest absolute Gasteiger partial charge is 0.220 e. The van der Waals surface area contributed by atoms with Gasteiger partial charge in [-0.05, 0) is 62.3 Å². The third-order valence-electron chi connectivity index (χ3n) is 5.02. The lowest BCUT2D eigenvalue weighted by molar-refractivity contribution is -0.121. The summed E-state index contributed by atoms with van der Waals surface area (Å²) in [5, 5.41) is 3.18. The first-order valence-corrected chi connectivity index (χ1v) is 8.17. The minimum absolute atomic E-state index is 0.255. The summed E-state index contributed by atoms with van der Waals surface area (Å²) >= 11 is 0. The molecule has 0 aromatic rings. The largest absolute Gasteiger partial charge is 0.356 e. The number of hydrogen-bond acceptors (Lipinski definition) is 2. The van der Waals surface area contributed by atoms with Gasteiger partial charge < -0.3 is 11.1 Å². The Morgan fingerprint density at radius 1 is 1.32 bits per heavy atom. The minimum Gasteiger partial charge on any atom is -0.356 e. The third-order valence-corrected chi connectivity index (χ3v) is 5.02. The Balaban J connectivity index is 1.60. The molecule has 0 spiro atoms. The van der Waals surface area contributed by atoms with Crippen LogP contribution in [0.3, 0.4) is 0 Å². The van der Waals surface area contributed by atoms with Gasteiger partial charge in [0.05, 0.1) is 0 Å². The summed E-state index contributed by atoms with van der Waals surface area (Å²) in [5.74, 6) is 1.82. The van der Waals surface area contributed by atoms with Gasteiger partial charge in [0.2, 0.25) is 5.91 Å².